The Morgan fingerprint density at radius 3 is 2.56 bits per heavy atom. The maximum absolute atomic E-state index is 17.1. The van der Waals surface area contributed by atoms with E-state index in [-0.39, 0.29) is 24.8 Å². The monoisotopic (exact) mass is 452 g/mol. The highest BCUT2D eigenvalue weighted by molar-refractivity contribution is 6.01. The molecule has 0 aromatic rings. The summed E-state index contributed by atoms with van der Waals surface area (Å²) in [6, 6.07) is 0. The number of fused-ring (bicyclic) bond motifs is 7. The van der Waals surface area contributed by atoms with Crippen LogP contribution in [0.5, 0.6) is 0 Å². The van der Waals surface area contributed by atoms with Crippen LogP contribution in [0.25, 0.3) is 0 Å². The average molecular weight is 452 g/mol. The molecular weight excluding hydrogens is 422 g/mol. The third kappa shape index (κ3) is 2.32. The normalized spacial score (nSPS) is 53.2. The van der Waals surface area contributed by atoms with E-state index < -0.39 is 76.3 Å². The summed E-state index contributed by atoms with van der Waals surface area (Å²) in [5.74, 6) is -3.53. The van der Waals surface area contributed by atoms with Gasteiger partial charge in [0.25, 0.3) is 0 Å². The van der Waals surface area contributed by atoms with Crippen LogP contribution in [0.3, 0.4) is 0 Å². The molecule has 0 amide bonds. The highest BCUT2D eigenvalue weighted by Crippen LogP contribution is 2.72. The van der Waals surface area contributed by atoms with Crippen LogP contribution in [0.1, 0.15) is 47.0 Å². The van der Waals surface area contributed by atoms with E-state index >= 15 is 8.78 Å². The molecule has 4 aliphatic carbocycles. The number of halogens is 2. The van der Waals surface area contributed by atoms with Crippen molar-refractivity contribution in [3.63, 3.8) is 0 Å². The van der Waals surface area contributed by atoms with E-state index in [0.717, 1.165) is 6.08 Å². The Labute approximate surface area is 185 Å². The maximum atomic E-state index is 17.1. The van der Waals surface area contributed by atoms with Crippen LogP contribution in [0, 0.1) is 22.7 Å². The lowest BCUT2D eigenvalue weighted by Gasteiger charge is -2.63. The van der Waals surface area contributed by atoms with Crippen LogP contribution in [-0.4, -0.2) is 63.8 Å². The van der Waals surface area contributed by atoms with Crippen molar-refractivity contribution in [1.29, 1.82) is 0 Å². The number of aliphatic hydroxyl groups is 2. The second-order valence-corrected chi connectivity index (χ2v) is 11.0. The average Bonchev–Trinajstić information content (AvgIpc) is 3.11. The smallest absolute Gasteiger partial charge is 0.193 e. The van der Waals surface area contributed by atoms with Crippen LogP contribution in [0.15, 0.2) is 23.8 Å². The molecule has 0 aromatic heterocycles. The van der Waals surface area contributed by atoms with Crippen LogP contribution in [0.2, 0.25) is 0 Å². The van der Waals surface area contributed by atoms with E-state index in [1.54, 1.807) is 20.8 Å². The van der Waals surface area contributed by atoms with E-state index in [1.165, 1.54) is 19.1 Å². The Balaban J connectivity index is 1.66. The first-order valence-electron chi connectivity index (χ1n) is 11.3. The van der Waals surface area contributed by atoms with Gasteiger partial charge in [0.1, 0.15) is 12.8 Å². The van der Waals surface area contributed by atoms with E-state index in [2.05, 4.69) is 0 Å². The molecule has 5 aliphatic rings. The Hall–Kier alpha value is -1.48. The zero-order valence-electron chi connectivity index (χ0n) is 18.7. The zero-order chi connectivity index (χ0) is 23.5. The molecule has 9 atom stereocenters. The van der Waals surface area contributed by atoms with Gasteiger partial charge in [0, 0.05) is 16.7 Å². The summed E-state index contributed by atoms with van der Waals surface area (Å²) in [6.45, 7) is 5.87. The Morgan fingerprint density at radius 1 is 1.22 bits per heavy atom. The number of carbonyl (C=O) groups excluding carboxylic acids is 2. The highest BCUT2D eigenvalue weighted by Gasteiger charge is 2.80. The van der Waals surface area contributed by atoms with Gasteiger partial charge in [-0.05, 0) is 63.7 Å². The van der Waals surface area contributed by atoms with Gasteiger partial charge in [-0.2, -0.15) is 0 Å². The standard InChI is InChI=1S/C24H30F2O6/c1-20(2)31-19-9-13-14-8-16(25)15-7-12(28)5-6-21(15,3)23(14,26)17(29)10-22(13,4)24(19,32-20)18(30)11-27/h5-7,13-14,16-17,19,27,29H,8-11H2,1-4H3/t13-,14-,16+,17+,19-,21+,22-,23-,24+/m1/s1. The first-order chi connectivity index (χ1) is 14.8. The van der Waals surface area contributed by atoms with Gasteiger partial charge in [-0.25, -0.2) is 8.78 Å². The molecular formula is C24H30F2O6. The molecule has 5 rings (SSSR count). The lowest BCUT2D eigenvalue weighted by atomic mass is 9.44. The van der Waals surface area contributed by atoms with Gasteiger partial charge in [0.2, 0.25) is 0 Å². The SMILES string of the molecule is CC1(C)O[C@@H]2C[C@@H]3[C@H]4C[C@H](F)C5=CC(=O)C=C[C@]5(C)[C@]4(F)[C@@H](O)C[C@@]3(C)[C@@]2(C(=O)CO)O1. The van der Waals surface area contributed by atoms with Crippen LogP contribution in [-0.2, 0) is 19.1 Å². The van der Waals surface area contributed by atoms with E-state index in [4.69, 9.17) is 9.47 Å². The number of hydrogen-bond donors (Lipinski definition) is 2. The molecule has 1 heterocycles. The fraction of sp³-hybridized carbons (Fsp3) is 0.750. The fourth-order valence-electron chi connectivity index (χ4n) is 7.92. The molecule has 176 valence electrons. The largest absolute Gasteiger partial charge is 0.390 e. The molecule has 32 heavy (non-hydrogen) atoms. The van der Waals surface area contributed by atoms with Crippen molar-refractivity contribution >= 4 is 11.6 Å². The van der Waals surface area contributed by atoms with Crippen LogP contribution >= 0.6 is 0 Å². The number of ether oxygens (including phenoxy) is 2. The Morgan fingerprint density at radius 2 is 1.91 bits per heavy atom. The number of carbonyl (C=O) groups is 2. The predicted molar refractivity (Wildman–Crippen MR) is 109 cm³/mol. The second kappa shape index (κ2) is 6.34. The van der Waals surface area contributed by atoms with E-state index in [9.17, 15) is 19.8 Å². The number of allylic oxidation sites excluding steroid dienone is 4. The van der Waals surface area contributed by atoms with Crippen molar-refractivity contribution in [1.82, 2.24) is 0 Å². The first-order valence-corrected chi connectivity index (χ1v) is 11.3. The molecule has 0 aromatic carbocycles. The van der Waals surface area contributed by atoms with Crippen molar-refractivity contribution in [3.05, 3.63) is 23.8 Å². The summed E-state index contributed by atoms with van der Waals surface area (Å²) >= 11 is 0. The third-order valence-corrected chi connectivity index (χ3v) is 9.18. The summed E-state index contributed by atoms with van der Waals surface area (Å²) in [5, 5.41) is 21.1. The van der Waals surface area contributed by atoms with Gasteiger partial charge >= 0.3 is 0 Å². The topological polar surface area (TPSA) is 93.1 Å². The summed E-state index contributed by atoms with van der Waals surface area (Å²) in [4.78, 5) is 25.1. The van der Waals surface area contributed by atoms with Crippen LogP contribution in [0.4, 0.5) is 8.78 Å². The predicted octanol–water partition coefficient (Wildman–Crippen LogP) is 2.37. The number of hydrogen-bond acceptors (Lipinski definition) is 6. The van der Waals surface area contributed by atoms with E-state index in [0.29, 0.717) is 0 Å². The molecule has 0 radical (unpaired) electrons. The van der Waals surface area contributed by atoms with Gasteiger partial charge < -0.3 is 19.7 Å². The maximum Gasteiger partial charge on any atom is 0.193 e. The molecule has 4 fully saturated rings. The Bertz CT molecular complexity index is 960. The molecule has 1 aliphatic heterocycles. The minimum absolute atomic E-state index is 0.0550. The lowest BCUT2D eigenvalue weighted by molar-refractivity contribution is -0.248. The minimum Gasteiger partial charge on any atom is -0.390 e. The molecule has 0 unspecified atom stereocenters. The quantitative estimate of drug-likeness (QED) is 0.668. The first kappa shape index (κ1) is 22.3. The van der Waals surface area contributed by atoms with Crippen molar-refractivity contribution in [3.8, 4) is 0 Å². The van der Waals surface area contributed by atoms with Gasteiger partial charge in [-0.1, -0.05) is 13.0 Å². The molecule has 8 heteroatoms. The number of aliphatic hydroxyl groups excluding tert-OH is 2. The number of ketones is 2. The summed E-state index contributed by atoms with van der Waals surface area (Å²) in [6.07, 6.45) is -0.151. The number of alkyl halides is 2. The Kier molecular flexibility index (Phi) is 4.42. The zero-order valence-corrected chi connectivity index (χ0v) is 18.7. The summed E-state index contributed by atoms with van der Waals surface area (Å²) in [5.41, 5.74) is -6.30. The van der Waals surface area contributed by atoms with E-state index in [1.807, 2.05) is 0 Å². The number of Topliss-reactive ketones (excluding diaryl/α,β-unsaturated/α-hetero) is 1. The van der Waals surface area contributed by atoms with Gasteiger partial charge in [0.15, 0.2) is 28.6 Å². The van der Waals surface area contributed by atoms with Crippen molar-refractivity contribution < 1.29 is 38.1 Å². The van der Waals surface area contributed by atoms with Crippen molar-refractivity contribution in [2.45, 2.75) is 82.4 Å². The molecule has 2 N–H and O–H groups in total. The molecule has 6 nitrogen and oxygen atoms in total. The second-order valence-electron chi connectivity index (χ2n) is 11.0. The fourth-order valence-corrected chi connectivity index (χ4v) is 7.92. The molecule has 3 saturated carbocycles. The minimum atomic E-state index is -2.24. The number of rotatable bonds is 2. The van der Waals surface area contributed by atoms with Gasteiger partial charge in [-0.15, -0.1) is 0 Å². The van der Waals surface area contributed by atoms with Crippen molar-refractivity contribution in [2.75, 3.05) is 6.61 Å². The summed E-state index contributed by atoms with van der Waals surface area (Å²) < 4.78 is 44.8. The molecule has 0 spiro atoms. The van der Waals surface area contributed by atoms with Crippen molar-refractivity contribution in [2.24, 2.45) is 22.7 Å². The lowest BCUT2D eigenvalue weighted by Crippen LogP contribution is -2.71. The third-order valence-electron chi connectivity index (χ3n) is 9.18. The van der Waals surface area contributed by atoms with Gasteiger partial charge in [-0.3, -0.25) is 9.59 Å². The summed E-state index contributed by atoms with van der Waals surface area (Å²) in [7, 11) is 0. The van der Waals surface area contributed by atoms with Gasteiger partial charge in [0.05, 0.1) is 12.2 Å². The van der Waals surface area contributed by atoms with Crippen LogP contribution < -0.4 is 0 Å². The molecule has 1 saturated heterocycles. The highest BCUT2D eigenvalue weighted by atomic mass is 19.1. The molecule has 0 bridgehead atoms.